The number of ether oxygens (including phenoxy) is 3. The van der Waals surface area contributed by atoms with E-state index < -0.39 is 12.1 Å². The minimum Gasteiger partial charge on any atom is -0.494 e. The Morgan fingerprint density at radius 1 is 1.15 bits per heavy atom. The van der Waals surface area contributed by atoms with Crippen molar-refractivity contribution in [2.75, 3.05) is 13.7 Å². The lowest BCUT2D eigenvalue weighted by atomic mass is 9.96. The Labute approximate surface area is 251 Å². The summed E-state index contributed by atoms with van der Waals surface area (Å²) in [7, 11) is 1.47. The summed E-state index contributed by atoms with van der Waals surface area (Å²) in [5, 5.41) is 14.3. The SMILES string of the molecule is CCOc1cc(C)c(-c2nc3ccccc3c(=O)n2N=Cc2cc(I)c(O[C@@H](C)C(=O)O)c(OC)c2)cc1C(C)C. The highest BCUT2D eigenvalue weighted by atomic mass is 127. The fourth-order valence-corrected chi connectivity index (χ4v) is 5.11. The lowest BCUT2D eigenvalue weighted by Crippen LogP contribution is -2.23. The Kier molecular flexibility index (Phi) is 9.31. The van der Waals surface area contributed by atoms with Gasteiger partial charge in [-0.1, -0.05) is 26.0 Å². The van der Waals surface area contributed by atoms with Gasteiger partial charge in [-0.3, -0.25) is 4.79 Å². The number of methoxy groups -OCH3 is 1. The second-order valence-corrected chi connectivity index (χ2v) is 10.9. The van der Waals surface area contributed by atoms with E-state index in [9.17, 15) is 14.7 Å². The molecule has 0 aliphatic rings. The number of carbonyl (C=O) groups is 1. The molecule has 0 amide bonds. The van der Waals surface area contributed by atoms with Gasteiger partial charge in [0.25, 0.3) is 5.56 Å². The molecule has 0 aliphatic heterocycles. The molecule has 0 radical (unpaired) electrons. The Bertz CT molecular complexity index is 1700. The first-order valence-corrected chi connectivity index (χ1v) is 14.2. The summed E-state index contributed by atoms with van der Waals surface area (Å²) in [6, 6.07) is 14.6. The summed E-state index contributed by atoms with van der Waals surface area (Å²) >= 11 is 2.05. The van der Waals surface area contributed by atoms with Crippen molar-refractivity contribution < 1.29 is 24.1 Å². The predicted octanol–water partition coefficient (Wildman–Crippen LogP) is 6.24. The third-order valence-electron chi connectivity index (χ3n) is 6.49. The first-order valence-electron chi connectivity index (χ1n) is 13.2. The molecule has 0 bridgehead atoms. The topological polar surface area (TPSA) is 112 Å². The number of rotatable bonds is 10. The number of aryl methyl sites for hydroxylation is 1. The predicted molar refractivity (Wildman–Crippen MR) is 168 cm³/mol. The third kappa shape index (κ3) is 6.37. The summed E-state index contributed by atoms with van der Waals surface area (Å²) in [6.45, 7) is 10.1. The van der Waals surface area contributed by atoms with Gasteiger partial charge in [-0.15, -0.1) is 0 Å². The van der Waals surface area contributed by atoms with Gasteiger partial charge in [0.05, 0.1) is 34.4 Å². The van der Waals surface area contributed by atoms with E-state index in [-0.39, 0.29) is 11.5 Å². The van der Waals surface area contributed by atoms with Crippen LogP contribution >= 0.6 is 22.6 Å². The minimum absolute atomic E-state index is 0.180. The number of fused-ring (bicyclic) bond motifs is 1. The zero-order chi connectivity index (χ0) is 29.8. The maximum Gasteiger partial charge on any atom is 0.344 e. The molecule has 0 saturated carbocycles. The molecular weight excluding hydrogens is 637 g/mol. The van der Waals surface area contributed by atoms with E-state index in [4.69, 9.17) is 19.2 Å². The van der Waals surface area contributed by atoms with Crippen LogP contribution in [0.25, 0.3) is 22.3 Å². The first kappa shape index (κ1) is 30.0. The molecular formula is C31H32IN3O6. The number of aromatic nitrogens is 2. The van der Waals surface area contributed by atoms with Crippen LogP contribution in [0, 0.1) is 10.5 Å². The van der Waals surface area contributed by atoms with Gasteiger partial charge < -0.3 is 19.3 Å². The number of halogens is 1. The van der Waals surface area contributed by atoms with Crippen molar-refractivity contribution in [1.29, 1.82) is 0 Å². The zero-order valence-corrected chi connectivity index (χ0v) is 25.9. The van der Waals surface area contributed by atoms with Crippen LogP contribution in [-0.4, -0.2) is 46.8 Å². The highest BCUT2D eigenvalue weighted by molar-refractivity contribution is 14.1. The van der Waals surface area contributed by atoms with Crippen molar-refractivity contribution >= 4 is 45.7 Å². The molecule has 0 unspecified atom stereocenters. The molecule has 1 heterocycles. The Morgan fingerprint density at radius 2 is 1.88 bits per heavy atom. The average molecular weight is 670 g/mol. The fourth-order valence-electron chi connectivity index (χ4n) is 4.36. The number of para-hydroxylation sites is 1. The van der Waals surface area contributed by atoms with Crippen LogP contribution in [0.5, 0.6) is 17.2 Å². The Morgan fingerprint density at radius 3 is 2.54 bits per heavy atom. The van der Waals surface area contributed by atoms with Gasteiger partial charge in [-0.25, -0.2) is 9.78 Å². The van der Waals surface area contributed by atoms with Crippen molar-refractivity contribution in [2.45, 2.75) is 46.6 Å². The summed E-state index contributed by atoms with van der Waals surface area (Å²) in [6.07, 6.45) is 0.485. The second kappa shape index (κ2) is 12.7. The molecule has 4 aromatic rings. The van der Waals surface area contributed by atoms with Crippen molar-refractivity contribution in [1.82, 2.24) is 9.66 Å². The van der Waals surface area contributed by atoms with Gasteiger partial charge in [-0.2, -0.15) is 9.78 Å². The summed E-state index contributed by atoms with van der Waals surface area (Å²) in [4.78, 5) is 29.9. The smallest absolute Gasteiger partial charge is 0.344 e. The number of aliphatic carboxylic acids is 1. The van der Waals surface area contributed by atoms with Crippen molar-refractivity contribution in [2.24, 2.45) is 5.10 Å². The number of hydrogen-bond donors (Lipinski definition) is 1. The number of carboxylic acid groups (broad SMARTS) is 1. The van der Waals surface area contributed by atoms with Crippen molar-refractivity contribution in [3.8, 4) is 28.6 Å². The van der Waals surface area contributed by atoms with E-state index in [1.165, 1.54) is 18.7 Å². The van der Waals surface area contributed by atoms with Crippen LogP contribution in [0.4, 0.5) is 0 Å². The molecule has 4 rings (SSSR count). The monoisotopic (exact) mass is 669 g/mol. The molecule has 1 atom stereocenters. The van der Waals surface area contributed by atoms with Crippen molar-refractivity contribution in [3.63, 3.8) is 0 Å². The molecule has 214 valence electrons. The molecule has 0 aliphatic carbocycles. The molecule has 0 saturated heterocycles. The average Bonchev–Trinajstić information content (AvgIpc) is 2.93. The van der Waals surface area contributed by atoms with Gasteiger partial charge >= 0.3 is 5.97 Å². The first-order chi connectivity index (χ1) is 19.5. The van der Waals surface area contributed by atoms with E-state index in [1.54, 1.807) is 30.5 Å². The highest BCUT2D eigenvalue weighted by Crippen LogP contribution is 2.36. The lowest BCUT2D eigenvalue weighted by molar-refractivity contribution is -0.144. The maximum absolute atomic E-state index is 13.8. The minimum atomic E-state index is -1.09. The Balaban J connectivity index is 1.90. The van der Waals surface area contributed by atoms with Gasteiger partial charge in [-0.05, 0) is 102 Å². The fraction of sp³-hybridized carbons (Fsp3) is 0.290. The van der Waals surface area contributed by atoms with Crippen molar-refractivity contribution in [3.05, 3.63) is 79.1 Å². The number of nitrogens with zero attached hydrogens (tertiary/aromatic N) is 3. The molecule has 10 heteroatoms. The van der Waals surface area contributed by atoms with Crippen LogP contribution in [0.2, 0.25) is 0 Å². The number of benzene rings is 3. The second-order valence-electron chi connectivity index (χ2n) is 9.74. The largest absolute Gasteiger partial charge is 0.494 e. The van der Waals surface area contributed by atoms with Gasteiger partial charge in [0.2, 0.25) is 0 Å². The van der Waals surface area contributed by atoms with Crippen LogP contribution in [0.15, 0.2) is 58.4 Å². The standard InChI is InChI=1S/C31H32IN3O6/c1-7-40-26-12-18(4)23(15-22(26)17(2)3)29-34-25-11-9-8-10-21(25)30(36)35(29)33-16-20-13-24(32)28(27(14-20)39-6)41-19(5)31(37)38/h8-17,19H,7H2,1-6H3,(H,37,38)/t19-/m0/s1. The van der Waals surface area contributed by atoms with E-state index in [1.807, 2.05) is 38.1 Å². The van der Waals surface area contributed by atoms with Crippen LogP contribution in [-0.2, 0) is 4.79 Å². The summed E-state index contributed by atoms with van der Waals surface area (Å²) in [5.74, 6) is 0.970. The zero-order valence-electron chi connectivity index (χ0n) is 23.8. The molecule has 0 fully saturated rings. The Hall–Kier alpha value is -3.93. The van der Waals surface area contributed by atoms with Crippen LogP contribution in [0.1, 0.15) is 50.3 Å². The highest BCUT2D eigenvalue weighted by Gasteiger charge is 2.20. The van der Waals surface area contributed by atoms with Crippen LogP contribution < -0.4 is 19.8 Å². The number of hydrogen-bond acceptors (Lipinski definition) is 7. The quantitative estimate of drug-likeness (QED) is 0.157. The van der Waals surface area contributed by atoms with Gasteiger partial charge in [0.15, 0.2) is 23.4 Å². The molecule has 41 heavy (non-hydrogen) atoms. The molecule has 0 spiro atoms. The maximum atomic E-state index is 13.8. The normalized spacial score (nSPS) is 12.2. The van der Waals surface area contributed by atoms with E-state index in [2.05, 4.69) is 41.5 Å². The lowest BCUT2D eigenvalue weighted by Gasteiger charge is -2.18. The van der Waals surface area contributed by atoms with E-state index in [0.717, 1.165) is 22.4 Å². The molecule has 9 nitrogen and oxygen atoms in total. The van der Waals surface area contributed by atoms with E-state index in [0.29, 0.717) is 44.0 Å². The van der Waals surface area contributed by atoms with Gasteiger partial charge in [0.1, 0.15) is 5.75 Å². The number of carboxylic acids is 1. The molecule has 3 aromatic carbocycles. The van der Waals surface area contributed by atoms with Crippen LogP contribution in [0.3, 0.4) is 0 Å². The van der Waals surface area contributed by atoms with Gasteiger partial charge in [0, 0.05) is 5.56 Å². The van der Waals surface area contributed by atoms with E-state index >= 15 is 0 Å². The molecule has 1 N–H and O–H groups in total. The molecule has 1 aromatic heterocycles. The summed E-state index contributed by atoms with van der Waals surface area (Å²) < 4.78 is 18.9. The summed E-state index contributed by atoms with van der Waals surface area (Å²) in [5.41, 5.74) is 3.57. The third-order valence-corrected chi connectivity index (χ3v) is 7.29.